The smallest absolute Gasteiger partial charge is 0.454 e. The first-order chi connectivity index (χ1) is 7.75. The standard InChI is InChI=1S/C11H8BNO3/c14-12(15)7-5-10-11(13-6-7)8-3-1-2-4-9(8)16-10/h1-6,14-15H. The normalized spacial score (nSPS) is 11.1. The van der Waals surface area contributed by atoms with Gasteiger partial charge in [-0.3, -0.25) is 4.98 Å². The summed E-state index contributed by atoms with van der Waals surface area (Å²) in [6.45, 7) is 0. The van der Waals surface area contributed by atoms with Gasteiger partial charge in [-0.1, -0.05) is 12.1 Å². The molecule has 1 aromatic carbocycles. The molecule has 0 radical (unpaired) electrons. The molecule has 0 aliphatic heterocycles. The molecule has 2 aromatic heterocycles. The summed E-state index contributed by atoms with van der Waals surface area (Å²) in [6, 6.07) is 9.16. The number of aromatic nitrogens is 1. The van der Waals surface area contributed by atoms with E-state index in [0.29, 0.717) is 11.0 Å². The third-order valence-corrected chi connectivity index (χ3v) is 2.53. The molecule has 0 atom stereocenters. The van der Waals surface area contributed by atoms with E-state index in [0.717, 1.165) is 16.5 Å². The van der Waals surface area contributed by atoms with Crippen LogP contribution in [0.4, 0.5) is 0 Å². The molecular formula is C11H8BNO3. The van der Waals surface area contributed by atoms with Crippen molar-refractivity contribution in [2.24, 2.45) is 0 Å². The molecule has 0 aliphatic carbocycles. The highest BCUT2D eigenvalue weighted by molar-refractivity contribution is 6.58. The molecule has 0 unspecified atom stereocenters. The Morgan fingerprint density at radius 3 is 2.75 bits per heavy atom. The predicted octanol–water partition coefficient (Wildman–Crippen LogP) is 0.661. The Morgan fingerprint density at radius 2 is 1.94 bits per heavy atom. The van der Waals surface area contributed by atoms with Crippen LogP contribution in [0.1, 0.15) is 0 Å². The predicted molar refractivity (Wildman–Crippen MR) is 61.3 cm³/mol. The van der Waals surface area contributed by atoms with Crippen molar-refractivity contribution in [3.63, 3.8) is 0 Å². The molecule has 0 bridgehead atoms. The van der Waals surface area contributed by atoms with E-state index in [1.807, 2.05) is 24.3 Å². The number of furan rings is 1. The molecule has 0 spiro atoms. The number of hydrogen-bond donors (Lipinski definition) is 2. The molecule has 4 nitrogen and oxygen atoms in total. The van der Waals surface area contributed by atoms with Gasteiger partial charge in [-0.05, 0) is 18.2 Å². The number of fused-ring (bicyclic) bond motifs is 3. The van der Waals surface area contributed by atoms with Crippen LogP contribution in [0.15, 0.2) is 40.9 Å². The van der Waals surface area contributed by atoms with E-state index in [9.17, 15) is 0 Å². The van der Waals surface area contributed by atoms with Crippen LogP contribution in [0.5, 0.6) is 0 Å². The van der Waals surface area contributed by atoms with Crippen LogP contribution in [0.3, 0.4) is 0 Å². The second-order valence-electron chi connectivity index (χ2n) is 3.59. The van der Waals surface area contributed by atoms with Gasteiger partial charge in [0.1, 0.15) is 11.1 Å². The van der Waals surface area contributed by atoms with Gasteiger partial charge in [0.15, 0.2) is 5.58 Å². The molecule has 0 saturated heterocycles. The minimum Gasteiger partial charge on any atom is -0.454 e. The highest BCUT2D eigenvalue weighted by atomic mass is 16.4. The van der Waals surface area contributed by atoms with Gasteiger partial charge < -0.3 is 14.5 Å². The largest absolute Gasteiger partial charge is 0.490 e. The first-order valence-electron chi connectivity index (χ1n) is 4.89. The van der Waals surface area contributed by atoms with Gasteiger partial charge in [0, 0.05) is 17.0 Å². The molecule has 2 N–H and O–H groups in total. The van der Waals surface area contributed by atoms with Crippen LogP contribution in [-0.4, -0.2) is 22.2 Å². The monoisotopic (exact) mass is 213 g/mol. The van der Waals surface area contributed by atoms with Crippen LogP contribution in [0.25, 0.3) is 22.1 Å². The van der Waals surface area contributed by atoms with Crippen LogP contribution < -0.4 is 5.46 Å². The molecule has 0 amide bonds. The van der Waals surface area contributed by atoms with E-state index in [1.54, 1.807) is 6.07 Å². The Labute approximate surface area is 91.3 Å². The minimum atomic E-state index is -1.52. The summed E-state index contributed by atoms with van der Waals surface area (Å²) in [7, 11) is -1.52. The molecule has 16 heavy (non-hydrogen) atoms. The van der Waals surface area contributed by atoms with Crippen molar-refractivity contribution in [1.29, 1.82) is 0 Å². The highest BCUT2D eigenvalue weighted by Crippen LogP contribution is 2.25. The third kappa shape index (κ3) is 1.30. The summed E-state index contributed by atoms with van der Waals surface area (Å²) in [6.07, 6.45) is 1.44. The number of benzene rings is 1. The summed E-state index contributed by atoms with van der Waals surface area (Å²) < 4.78 is 5.56. The SMILES string of the molecule is OB(O)c1cnc2c(c1)oc1ccccc12. The van der Waals surface area contributed by atoms with Gasteiger partial charge in [-0.15, -0.1) is 0 Å². The van der Waals surface area contributed by atoms with E-state index in [1.165, 1.54) is 6.20 Å². The maximum absolute atomic E-state index is 9.03. The van der Waals surface area contributed by atoms with Gasteiger partial charge in [0.2, 0.25) is 0 Å². The second kappa shape index (κ2) is 3.33. The van der Waals surface area contributed by atoms with E-state index in [4.69, 9.17) is 14.5 Å². The third-order valence-electron chi connectivity index (χ3n) is 2.53. The second-order valence-corrected chi connectivity index (χ2v) is 3.59. The molecule has 78 valence electrons. The van der Waals surface area contributed by atoms with Gasteiger partial charge in [0.25, 0.3) is 0 Å². The minimum absolute atomic E-state index is 0.326. The first-order valence-corrected chi connectivity index (χ1v) is 4.89. The fourth-order valence-corrected chi connectivity index (χ4v) is 1.75. The molecule has 2 heterocycles. The Hall–Kier alpha value is -1.85. The Balaban J connectivity index is 2.37. The van der Waals surface area contributed by atoms with Gasteiger partial charge in [0.05, 0.1) is 0 Å². The topological polar surface area (TPSA) is 66.5 Å². The number of para-hydroxylation sites is 1. The molecule has 0 aliphatic rings. The van der Waals surface area contributed by atoms with Crippen LogP contribution in [0.2, 0.25) is 0 Å². The first kappa shape index (κ1) is 9.39. The quantitative estimate of drug-likeness (QED) is 0.582. The lowest BCUT2D eigenvalue weighted by Crippen LogP contribution is -2.29. The molecule has 0 saturated carbocycles. The zero-order valence-electron chi connectivity index (χ0n) is 8.29. The number of hydrogen-bond acceptors (Lipinski definition) is 4. The van der Waals surface area contributed by atoms with E-state index in [-0.39, 0.29) is 0 Å². The lowest BCUT2D eigenvalue weighted by atomic mass is 9.81. The van der Waals surface area contributed by atoms with E-state index < -0.39 is 7.12 Å². The van der Waals surface area contributed by atoms with Crippen LogP contribution in [0, 0.1) is 0 Å². The molecule has 5 heteroatoms. The Bertz CT molecular complexity index is 662. The van der Waals surface area contributed by atoms with Gasteiger partial charge in [-0.2, -0.15) is 0 Å². The maximum Gasteiger partial charge on any atom is 0.490 e. The van der Waals surface area contributed by atoms with E-state index in [2.05, 4.69) is 4.98 Å². The summed E-state index contributed by atoms with van der Waals surface area (Å²) in [4.78, 5) is 4.18. The Kier molecular flexibility index (Phi) is 1.95. The van der Waals surface area contributed by atoms with Crippen molar-refractivity contribution in [3.8, 4) is 0 Å². The lowest BCUT2D eigenvalue weighted by molar-refractivity contribution is 0.425. The number of nitrogens with zero attached hydrogens (tertiary/aromatic N) is 1. The summed E-state index contributed by atoms with van der Waals surface area (Å²) >= 11 is 0. The average Bonchev–Trinajstić information content (AvgIpc) is 2.66. The molecule has 3 aromatic rings. The molecular weight excluding hydrogens is 205 g/mol. The van der Waals surface area contributed by atoms with Crippen LogP contribution >= 0.6 is 0 Å². The molecule has 3 rings (SSSR count). The molecule has 0 fully saturated rings. The van der Waals surface area contributed by atoms with Crippen molar-refractivity contribution >= 4 is 34.7 Å². The summed E-state index contributed by atoms with van der Waals surface area (Å²) in [5.74, 6) is 0. The van der Waals surface area contributed by atoms with Crippen molar-refractivity contribution in [2.75, 3.05) is 0 Å². The van der Waals surface area contributed by atoms with Crippen molar-refractivity contribution in [2.45, 2.75) is 0 Å². The van der Waals surface area contributed by atoms with Crippen molar-refractivity contribution in [1.82, 2.24) is 4.98 Å². The summed E-state index contributed by atoms with van der Waals surface area (Å²) in [5, 5.41) is 19.0. The van der Waals surface area contributed by atoms with Gasteiger partial charge >= 0.3 is 7.12 Å². The highest BCUT2D eigenvalue weighted by Gasteiger charge is 2.14. The van der Waals surface area contributed by atoms with Crippen LogP contribution in [-0.2, 0) is 0 Å². The van der Waals surface area contributed by atoms with E-state index >= 15 is 0 Å². The number of pyridine rings is 1. The number of rotatable bonds is 1. The van der Waals surface area contributed by atoms with Gasteiger partial charge in [-0.25, -0.2) is 0 Å². The zero-order chi connectivity index (χ0) is 11.1. The fourth-order valence-electron chi connectivity index (χ4n) is 1.75. The fraction of sp³-hybridized carbons (Fsp3) is 0. The van der Waals surface area contributed by atoms with Crippen molar-refractivity contribution in [3.05, 3.63) is 36.5 Å². The van der Waals surface area contributed by atoms with Crippen molar-refractivity contribution < 1.29 is 14.5 Å². The lowest BCUT2D eigenvalue weighted by Gasteiger charge is -1.96. The zero-order valence-corrected chi connectivity index (χ0v) is 8.29. The summed E-state index contributed by atoms with van der Waals surface area (Å²) in [5.41, 5.74) is 2.37. The average molecular weight is 213 g/mol. The maximum atomic E-state index is 9.03. The Morgan fingerprint density at radius 1 is 1.12 bits per heavy atom.